The molecule has 0 heterocycles. The quantitative estimate of drug-likeness (QED) is 0.465. The molecular formula is C13H17N3O3. The number of phenols is 1. The van der Waals surface area contributed by atoms with Crippen molar-refractivity contribution in [2.75, 3.05) is 5.73 Å². The number of nitrogens with one attached hydrogen (secondary N) is 1. The Hall–Kier alpha value is -2.24. The zero-order chi connectivity index (χ0) is 14.0. The van der Waals surface area contributed by atoms with E-state index in [1.54, 1.807) is 6.07 Å². The van der Waals surface area contributed by atoms with Gasteiger partial charge in [-0.25, -0.2) is 0 Å². The maximum absolute atomic E-state index is 12.1. The average molecular weight is 263 g/mol. The Labute approximate surface area is 110 Å². The molecule has 0 radical (unpaired) electrons. The lowest BCUT2D eigenvalue weighted by atomic mass is 10.0. The minimum atomic E-state index is -0.442. The summed E-state index contributed by atoms with van der Waals surface area (Å²) in [5, 5.41) is 12.5. The van der Waals surface area contributed by atoms with Gasteiger partial charge in [-0.2, -0.15) is 0 Å². The molecule has 0 bridgehead atoms. The second-order valence-corrected chi connectivity index (χ2v) is 4.76. The lowest BCUT2D eigenvalue weighted by molar-refractivity contribution is -0.122. The first-order valence-corrected chi connectivity index (χ1v) is 6.18. The number of nitrogen functional groups attached to an aromatic ring is 1. The van der Waals surface area contributed by atoms with Gasteiger partial charge in [-0.05, 0) is 25.0 Å². The molecule has 0 unspecified atom stereocenters. The van der Waals surface area contributed by atoms with Crippen molar-refractivity contribution in [3.63, 3.8) is 0 Å². The Bertz CT molecular complexity index is 516. The Balaban J connectivity index is 2.13. The van der Waals surface area contributed by atoms with Crippen LogP contribution in [0.1, 0.15) is 29.6 Å². The third-order valence-corrected chi connectivity index (χ3v) is 3.51. The number of carbonyl (C=O) groups is 2. The minimum absolute atomic E-state index is 0.107. The summed E-state index contributed by atoms with van der Waals surface area (Å²) < 4.78 is 0. The molecule has 1 aliphatic carbocycles. The average Bonchev–Trinajstić information content (AvgIpc) is 2.80. The van der Waals surface area contributed by atoms with Crippen LogP contribution in [0, 0.1) is 5.92 Å². The normalized spacial score (nSPS) is 22.1. The molecule has 1 aliphatic rings. The molecule has 2 rings (SSSR count). The van der Waals surface area contributed by atoms with E-state index in [1.165, 1.54) is 12.1 Å². The number of amides is 2. The molecule has 2 amide bonds. The second-order valence-electron chi connectivity index (χ2n) is 4.76. The first-order valence-electron chi connectivity index (χ1n) is 6.18. The van der Waals surface area contributed by atoms with Crippen molar-refractivity contribution in [2.24, 2.45) is 11.7 Å². The van der Waals surface area contributed by atoms with E-state index in [1.807, 2.05) is 0 Å². The fourth-order valence-corrected chi connectivity index (χ4v) is 2.46. The number of hydrogen-bond donors (Lipinski definition) is 4. The molecule has 0 spiro atoms. The molecular weight excluding hydrogens is 246 g/mol. The van der Waals surface area contributed by atoms with E-state index >= 15 is 0 Å². The van der Waals surface area contributed by atoms with Gasteiger partial charge < -0.3 is 21.9 Å². The van der Waals surface area contributed by atoms with Crippen molar-refractivity contribution >= 4 is 17.5 Å². The lowest BCUT2D eigenvalue weighted by Gasteiger charge is -2.18. The largest absolute Gasteiger partial charge is 0.505 e. The highest BCUT2D eigenvalue weighted by atomic mass is 16.3. The highest BCUT2D eigenvalue weighted by Crippen LogP contribution is 2.28. The van der Waals surface area contributed by atoms with Gasteiger partial charge in [0.15, 0.2) is 5.75 Å². The fourth-order valence-electron chi connectivity index (χ4n) is 2.46. The van der Waals surface area contributed by atoms with E-state index in [9.17, 15) is 14.7 Å². The predicted molar refractivity (Wildman–Crippen MR) is 70.3 cm³/mol. The summed E-state index contributed by atoms with van der Waals surface area (Å²) in [5.41, 5.74) is 11.1. The van der Waals surface area contributed by atoms with Gasteiger partial charge in [-0.1, -0.05) is 12.5 Å². The molecule has 6 nitrogen and oxygen atoms in total. The van der Waals surface area contributed by atoms with Crippen LogP contribution >= 0.6 is 0 Å². The van der Waals surface area contributed by atoms with E-state index in [0.29, 0.717) is 12.8 Å². The van der Waals surface area contributed by atoms with Crippen LogP contribution in [0.3, 0.4) is 0 Å². The number of carbonyl (C=O) groups excluding carboxylic acids is 2. The van der Waals surface area contributed by atoms with Crippen molar-refractivity contribution < 1.29 is 14.7 Å². The van der Waals surface area contributed by atoms with Gasteiger partial charge in [0, 0.05) is 6.04 Å². The lowest BCUT2D eigenvalue weighted by Crippen LogP contribution is -2.42. The van der Waals surface area contributed by atoms with E-state index < -0.39 is 11.8 Å². The zero-order valence-electron chi connectivity index (χ0n) is 10.4. The standard InChI is InChI=1S/C13H17N3O3/c14-9-5-1-4-8(11(9)17)13(19)16-10-6-2-3-7(10)12(15)18/h1,4-5,7,10,17H,2-3,6,14H2,(H2,15,18)(H,16,19)/t7-,10+/m1/s1. The van der Waals surface area contributed by atoms with Crippen molar-refractivity contribution in [1.82, 2.24) is 5.32 Å². The Morgan fingerprint density at radius 1 is 1.32 bits per heavy atom. The van der Waals surface area contributed by atoms with Gasteiger partial charge in [-0.15, -0.1) is 0 Å². The first-order chi connectivity index (χ1) is 9.00. The van der Waals surface area contributed by atoms with Crippen molar-refractivity contribution in [3.05, 3.63) is 23.8 Å². The number of rotatable bonds is 3. The van der Waals surface area contributed by atoms with Crippen molar-refractivity contribution in [2.45, 2.75) is 25.3 Å². The first kappa shape index (κ1) is 13.2. The molecule has 2 atom stereocenters. The zero-order valence-corrected chi connectivity index (χ0v) is 10.4. The maximum atomic E-state index is 12.1. The molecule has 1 fully saturated rings. The summed E-state index contributed by atoms with van der Waals surface area (Å²) in [7, 11) is 0. The monoisotopic (exact) mass is 263 g/mol. The van der Waals surface area contributed by atoms with E-state index in [2.05, 4.69) is 5.32 Å². The van der Waals surface area contributed by atoms with Crippen LogP contribution in [0.4, 0.5) is 5.69 Å². The van der Waals surface area contributed by atoms with Crippen LogP contribution in [-0.4, -0.2) is 23.0 Å². The molecule has 0 aliphatic heterocycles. The number of para-hydroxylation sites is 1. The highest BCUT2D eigenvalue weighted by molar-refractivity contribution is 5.98. The number of primary amides is 1. The molecule has 0 aromatic heterocycles. The highest BCUT2D eigenvalue weighted by Gasteiger charge is 2.33. The van der Waals surface area contributed by atoms with Crippen LogP contribution in [0.5, 0.6) is 5.75 Å². The van der Waals surface area contributed by atoms with Crippen LogP contribution < -0.4 is 16.8 Å². The number of aromatic hydroxyl groups is 1. The maximum Gasteiger partial charge on any atom is 0.255 e. The van der Waals surface area contributed by atoms with Gasteiger partial charge in [0.05, 0.1) is 17.2 Å². The van der Waals surface area contributed by atoms with Crippen molar-refractivity contribution in [3.8, 4) is 5.75 Å². The number of hydrogen-bond acceptors (Lipinski definition) is 4. The number of anilines is 1. The molecule has 6 heteroatoms. The molecule has 1 saturated carbocycles. The smallest absolute Gasteiger partial charge is 0.255 e. The number of benzene rings is 1. The van der Waals surface area contributed by atoms with Gasteiger partial charge in [-0.3, -0.25) is 9.59 Å². The number of nitrogens with two attached hydrogens (primary N) is 2. The number of phenolic OH excluding ortho intramolecular Hbond substituents is 1. The molecule has 102 valence electrons. The van der Waals surface area contributed by atoms with E-state index in [0.717, 1.165) is 6.42 Å². The van der Waals surface area contributed by atoms with Crippen LogP contribution in [0.2, 0.25) is 0 Å². The van der Waals surface area contributed by atoms with Gasteiger partial charge >= 0.3 is 0 Å². The molecule has 6 N–H and O–H groups in total. The molecule has 0 saturated heterocycles. The fraction of sp³-hybridized carbons (Fsp3) is 0.385. The summed E-state index contributed by atoms with van der Waals surface area (Å²) in [5.74, 6) is -1.43. The van der Waals surface area contributed by atoms with Crippen LogP contribution in [0.25, 0.3) is 0 Å². The Morgan fingerprint density at radius 3 is 2.74 bits per heavy atom. The van der Waals surface area contributed by atoms with Gasteiger partial charge in [0.2, 0.25) is 5.91 Å². The third kappa shape index (κ3) is 2.62. The summed E-state index contributed by atoms with van der Waals surface area (Å²) >= 11 is 0. The summed E-state index contributed by atoms with van der Waals surface area (Å²) in [6.45, 7) is 0. The Kier molecular flexibility index (Phi) is 3.59. The SMILES string of the molecule is NC(=O)[C@@H]1CCC[C@@H]1NC(=O)c1cccc(N)c1O. The van der Waals surface area contributed by atoms with Gasteiger partial charge in [0.1, 0.15) is 0 Å². The second kappa shape index (κ2) is 5.17. The van der Waals surface area contributed by atoms with Crippen molar-refractivity contribution in [1.29, 1.82) is 0 Å². The third-order valence-electron chi connectivity index (χ3n) is 3.51. The van der Waals surface area contributed by atoms with Gasteiger partial charge in [0.25, 0.3) is 5.91 Å². The summed E-state index contributed by atoms with van der Waals surface area (Å²) in [6.07, 6.45) is 2.24. The molecule has 19 heavy (non-hydrogen) atoms. The van der Waals surface area contributed by atoms with Crippen LogP contribution in [-0.2, 0) is 4.79 Å². The summed E-state index contributed by atoms with van der Waals surface area (Å²) in [6, 6.07) is 4.30. The molecule has 1 aromatic carbocycles. The topological polar surface area (TPSA) is 118 Å². The minimum Gasteiger partial charge on any atom is -0.505 e. The van der Waals surface area contributed by atoms with E-state index in [-0.39, 0.29) is 29.0 Å². The summed E-state index contributed by atoms with van der Waals surface area (Å²) in [4.78, 5) is 23.3. The van der Waals surface area contributed by atoms with Crippen LogP contribution in [0.15, 0.2) is 18.2 Å². The Morgan fingerprint density at radius 2 is 2.05 bits per heavy atom. The van der Waals surface area contributed by atoms with E-state index in [4.69, 9.17) is 11.5 Å². The predicted octanol–water partition coefficient (Wildman–Crippen LogP) is 0.358. The molecule has 1 aromatic rings.